The average Bonchev–Trinajstić information content (AvgIpc) is 3.63. The van der Waals surface area contributed by atoms with E-state index in [2.05, 4.69) is 17.5 Å². The van der Waals surface area contributed by atoms with Crippen molar-refractivity contribution in [1.29, 1.82) is 0 Å². The molecule has 1 aliphatic heterocycles. The van der Waals surface area contributed by atoms with Gasteiger partial charge in [0, 0.05) is 11.3 Å². The summed E-state index contributed by atoms with van der Waals surface area (Å²) in [7, 11) is 0. The second-order valence-electron chi connectivity index (χ2n) is 9.47. The zero-order valence-corrected chi connectivity index (χ0v) is 18.6. The lowest BCUT2D eigenvalue weighted by molar-refractivity contribution is -0.124. The summed E-state index contributed by atoms with van der Waals surface area (Å²) in [6, 6.07) is 13.0. The fourth-order valence-corrected chi connectivity index (χ4v) is 6.11. The summed E-state index contributed by atoms with van der Waals surface area (Å²) in [5, 5.41) is 2.79. The van der Waals surface area contributed by atoms with Crippen LogP contribution >= 0.6 is 0 Å². The molecule has 2 aromatic rings. The molecule has 3 amide bonds. The number of rotatable bonds is 5. The molecule has 6 atom stereocenters. The van der Waals surface area contributed by atoms with Gasteiger partial charge in [-0.15, -0.1) is 0 Å². The van der Waals surface area contributed by atoms with Crippen molar-refractivity contribution in [2.24, 2.45) is 35.5 Å². The maximum Gasteiger partial charge on any atom is 0.338 e. The zero-order valence-electron chi connectivity index (χ0n) is 18.6. The molecule has 7 rings (SSSR count). The number of hydrogen-bond donors (Lipinski definition) is 1. The van der Waals surface area contributed by atoms with E-state index >= 15 is 0 Å². The van der Waals surface area contributed by atoms with Crippen molar-refractivity contribution >= 4 is 35.1 Å². The summed E-state index contributed by atoms with van der Waals surface area (Å²) in [6.45, 7) is 2.03. The molecular weight excluding hydrogens is 432 g/mol. The lowest BCUT2D eigenvalue weighted by Crippen LogP contribution is -2.40. The van der Waals surface area contributed by atoms with Crippen molar-refractivity contribution in [1.82, 2.24) is 0 Å². The zero-order chi connectivity index (χ0) is 23.6. The van der Waals surface area contributed by atoms with Gasteiger partial charge < -0.3 is 10.1 Å². The van der Waals surface area contributed by atoms with Gasteiger partial charge in [-0.2, -0.15) is 0 Å². The lowest BCUT2D eigenvalue weighted by Gasteiger charge is -2.37. The largest absolute Gasteiger partial charge is 0.462 e. The molecule has 1 N–H and O–H groups in total. The number of nitrogens with zero attached hydrogens (tertiary/aromatic N) is 1. The van der Waals surface area contributed by atoms with Crippen LogP contribution in [0.2, 0.25) is 0 Å². The van der Waals surface area contributed by atoms with Crippen LogP contribution in [0.4, 0.5) is 11.4 Å². The van der Waals surface area contributed by atoms with Gasteiger partial charge in [-0.1, -0.05) is 18.2 Å². The Morgan fingerprint density at radius 3 is 2.21 bits per heavy atom. The first-order chi connectivity index (χ1) is 16.5. The van der Waals surface area contributed by atoms with Gasteiger partial charge >= 0.3 is 5.97 Å². The Kier molecular flexibility index (Phi) is 4.69. The first-order valence-electron chi connectivity index (χ1n) is 11.7. The molecule has 2 saturated carbocycles. The summed E-state index contributed by atoms with van der Waals surface area (Å²) < 4.78 is 4.97. The quantitative estimate of drug-likeness (QED) is 0.421. The number of anilines is 2. The number of hydrogen-bond acceptors (Lipinski definition) is 5. The van der Waals surface area contributed by atoms with Gasteiger partial charge in [-0.3, -0.25) is 14.4 Å². The second-order valence-corrected chi connectivity index (χ2v) is 9.47. The second kappa shape index (κ2) is 7.65. The van der Waals surface area contributed by atoms with Gasteiger partial charge in [-0.25, -0.2) is 9.69 Å². The number of carbonyl (C=O) groups is 4. The van der Waals surface area contributed by atoms with Gasteiger partial charge in [-0.05, 0) is 79.5 Å². The molecular formula is C27H24N2O5. The molecule has 4 aliphatic carbocycles. The van der Waals surface area contributed by atoms with Crippen molar-refractivity contribution in [3.63, 3.8) is 0 Å². The summed E-state index contributed by atoms with van der Waals surface area (Å²) in [6.07, 6.45) is 5.41. The van der Waals surface area contributed by atoms with Crippen LogP contribution in [0, 0.1) is 35.5 Å². The molecule has 0 radical (unpaired) electrons. The number of imide groups is 1. The molecule has 0 aromatic heterocycles. The smallest absolute Gasteiger partial charge is 0.338 e. The molecule has 0 spiro atoms. The van der Waals surface area contributed by atoms with E-state index in [1.54, 1.807) is 55.5 Å². The topological polar surface area (TPSA) is 92.8 Å². The molecule has 7 nitrogen and oxygen atoms in total. The van der Waals surface area contributed by atoms with Crippen LogP contribution in [0.15, 0.2) is 60.7 Å². The highest BCUT2D eigenvalue weighted by Gasteiger charge is 2.67. The van der Waals surface area contributed by atoms with Crippen LogP contribution in [0.5, 0.6) is 0 Å². The van der Waals surface area contributed by atoms with Crippen LogP contribution in [0.25, 0.3) is 0 Å². The first kappa shape index (κ1) is 20.8. The van der Waals surface area contributed by atoms with E-state index in [1.165, 1.54) is 4.90 Å². The normalized spacial score (nSPS) is 30.1. The highest BCUT2D eigenvalue weighted by atomic mass is 16.5. The summed E-state index contributed by atoms with van der Waals surface area (Å²) in [4.78, 5) is 52.7. The summed E-state index contributed by atoms with van der Waals surface area (Å²) in [5.41, 5.74) is 1.69. The number of nitrogens with one attached hydrogen (secondary N) is 1. The van der Waals surface area contributed by atoms with E-state index in [-0.39, 0.29) is 48.0 Å². The van der Waals surface area contributed by atoms with E-state index in [4.69, 9.17) is 4.74 Å². The van der Waals surface area contributed by atoms with E-state index in [0.29, 0.717) is 34.3 Å². The highest BCUT2D eigenvalue weighted by molar-refractivity contribution is 6.23. The minimum absolute atomic E-state index is 0.146. The Hall–Kier alpha value is -3.74. The lowest BCUT2D eigenvalue weighted by atomic mass is 9.63. The summed E-state index contributed by atoms with van der Waals surface area (Å²) in [5.74, 6) is -0.238. The maximum atomic E-state index is 13.3. The molecule has 7 heteroatoms. The third-order valence-electron chi connectivity index (χ3n) is 7.68. The van der Waals surface area contributed by atoms with Gasteiger partial charge in [0.2, 0.25) is 11.8 Å². The summed E-state index contributed by atoms with van der Waals surface area (Å²) >= 11 is 0. The van der Waals surface area contributed by atoms with Crippen molar-refractivity contribution < 1.29 is 23.9 Å². The van der Waals surface area contributed by atoms with E-state index in [1.807, 2.05) is 0 Å². The number of carbonyl (C=O) groups excluding carboxylic acids is 4. The van der Waals surface area contributed by atoms with Crippen LogP contribution in [-0.4, -0.2) is 30.3 Å². The molecule has 0 unspecified atom stereocenters. The van der Waals surface area contributed by atoms with Gasteiger partial charge in [0.1, 0.15) is 0 Å². The number of esters is 1. The van der Waals surface area contributed by atoms with Crippen molar-refractivity contribution in [2.75, 3.05) is 16.8 Å². The molecule has 34 heavy (non-hydrogen) atoms. The molecule has 2 aromatic carbocycles. The van der Waals surface area contributed by atoms with Crippen LogP contribution in [0.1, 0.15) is 34.1 Å². The highest BCUT2D eigenvalue weighted by Crippen LogP contribution is 2.65. The van der Waals surface area contributed by atoms with Crippen molar-refractivity contribution in [3.8, 4) is 0 Å². The van der Waals surface area contributed by atoms with Crippen molar-refractivity contribution in [2.45, 2.75) is 13.3 Å². The maximum absolute atomic E-state index is 13.3. The molecule has 1 heterocycles. The fraction of sp³-hybridized carbons (Fsp3) is 0.333. The third-order valence-corrected chi connectivity index (χ3v) is 7.68. The Morgan fingerprint density at radius 2 is 1.59 bits per heavy atom. The molecule has 2 bridgehead atoms. The van der Waals surface area contributed by atoms with E-state index < -0.39 is 5.97 Å². The Balaban J connectivity index is 1.20. The Labute approximate surface area is 196 Å². The molecule has 3 fully saturated rings. The SMILES string of the molecule is CCOC(=O)c1ccc(NC(=O)c2cccc(N3C(=O)[C@H]4[C@@H]5C=C[C@H]([C@H]6C[C@H]56)[C@@H]4C3=O)c2)cc1. The average molecular weight is 456 g/mol. The molecule has 172 valence electrons. The van der Waals surface area contributed by atoms with E-state index in [0.717, 1.165) is 6.42 Å². The predicted octanol–water partition coefficient (Wildman–Crippen LogP) is 3.67. The van der Waals surface area contributed by atoms with E-state index in [9.17, 15) is 19.2 Å². The number of allylic oxidation sites excluding steroid dienone is 2. The first-order valence-corrected chi connectivity index (χ1v) is 11.7. The standard InChI is InChI=1S/C27H24N2O5/c1-2-34-27(33)14-6-8-16(9-7-14)28-24(30)15-4-3-5-17(12-15)29-25(31)22-18-10-11-19(21-13-20(18)21)23(22)26(29)32/h3-12,18-23H,2,13H2,1H3,(H,28,30)/t18-,19-,20-,21-,22+,23+/m1/s1. The predicted molar refractivity (Wildman–Crippen MR) is 124 cm³/mol. The van der Waals surface area contributed by atoms with Gasteiger partial charge in [0.05, 0.1) is 29.7 Å². The molecule has 5 aliphatic rings. The fourth-order valence-electron chi connectivity index (χ4n) is 6.11. The number of amides is 3. The minimum Gasteiger partial charge on any atom is -0.462 e. The Morgan fingerprint density at radius 1 is 0.941 bits per heavy atom. The third kappa shape index (κ3) is 3.10. The van der Waals surface area contributed by atoms with Crippen LogP contribution in [0.3, 0.4) is 0 Å². The van der Waals surface area contributed by atoms with Crippen LogP contribution in [-0.2, 0) is 14.3 Å². The van der Waals surface area contributed by atoms with Gasteiger partial charge in [0.25, 0.3) is 5.91 Å². The number of ether oxygens (including phenoxy) is 1. The van der Waals surface area contributed by atoms with Gasteiger partial charge in [0.15, 0.2) is 0 Å². The monoisotopic (exact) mass is 456 g/mol. The minimum atomic E-state index is -0.422. The van der Waals surface area contributed by atoms with Crippen molar-refractivity contribution in [3.05, 3.63) is 71.8 Å². The number of benzene rings is 2. The molecule has 1 saturated heterocycles. The van der Waals surface area contributed by atoms with Crippen LogP contribution < -0.4 is 10.2 Å². The Bertz CT molecular complexity index is 1210.